The number of nitrogen functional groups attached to an aromatic ring is 1. The highest BCUT2D eigenvalue weighted by Crippen LogP contribution is 2.28. The number of sulfonamides is 1. The minimum atomic E-state index is -3.64. The highest BCUT2D eigenvalue weighted by Gasteiger charge is 2.16. The molecule has 2 aromatic rings. The van der Waals surface area contributed by atoms with Crippen LogP contribution in [0.4, 0.5) is 11.4 Å². The number of nitrogens with two attached hydrogens (primary N) is 1. The van der Waals surface area contributed by atoms with Crippen LogP contribution in [0, 0.1) is 0 Å². The van der Waals surface area contributed by atoms with Gasteiger partial charge in [0.05, 0.1) is 12.8 Å². The van der Waals surface area contributed by atoms with Crippen LogP contribution < -0.4 is 15.2 Å². The van der Waals surface area contributed by atoms with Crippen LogP contribution in [0.2, 0.25) is 0 Å². The molecule has 7 heteroatoms. The smallest absolute Gasteiger partial charge is 0.263 e. The molecule has 0 saturated heterocycles. The second-order valence-electron chi connectivity index (χ2n) is 3.61. The van der Waals surface area contributed by atoms with Crippen molar-refractivity contribution in [2.45, 2.75) is 4.90 Å². The van der Waals surface area contributed by atoms with Gasteiger partial charge in [0.25, 0.3) is 10.0 Å². The third-order valence-electron chi connectivity index (χ3n) is 2.35. The fraction of sp³-hybridized carbons (Fsp3) is 0.0909. The Bertz CT molecular complexity index is 636. The summed E-state index contributed by atoms with van der Waals surface area (Å²) in [7, 11) is -2.18. The third kappa shape index (κ3) is 2.40. The Balaban J connectivity index is 2.37. The maximum Gasteiger partial charge on any atom is 0.263 e. The predicted molar refractivity (Wildman–Crippen MR) is 69.0 cm³/mol. The molecule has 1 aromatic carbocycles. The Labute approximate surface area is 105 Å². The Hall–Kier alpha value is -2.15. The zero-order valence-corrected chi connectivity index (χ0v) is 10.5. The van der Waals surface area contributed by atoms with Gasteiger partial charge in [0.15, 0.2) is 0 Å². The van der Waals surface area contributed by atoms with Gasteiger partial charge < -0.3 is 15.5 Å². The average Bonchev–Trinajstić information content (AvgIpc) is 2.83. The molecule has 6 nitrogen and oxygen atoms in total. The summed E-state index contributed by atoms with van der Waals surface area (Å²) in [5.74, 6) is 0.406. The first-order valence-electron chi connectivity index (χ1n) is 5.12. The first kappa shape index (κ1) is 12.3. The van der Waals surface area contributed by atoms with Gasteiger partial charge in [-0.2, -0.15) is 0 Å². The molecule has 0 bridgehead atoms. The van der Waals surface area contributed by atoms with Gasteiger partial charge in [0.1, 0.15) is 10.6 Å². The molecule has 18 heavy (non-hydrogen) atoms. The molecule has 0 radical (unpaired) electrons. The maximum atomic E-state index is 12.0. The highest BCUT2D eigenvalue weighted by atomic mass is 32.2. The fourth-order valence-corrected chi connectivity index (χ4v) is 2.52. The molecule has 0 aliphatic carbocycles. The van der Waals surface area contributed by atoms with E-state index < -0.39 is 10.0 Å². The summed E-state index contributed by atoms with van der Waals surface area (Å²) in [5.41, 5.74) is 6.37. The van der Waals surface area contributed by atoms with E-state index in [-0.39, 0.29) is 4.90 Å². The van der Waals surface area contributed by atoms with Crippen molar-refractivity contribution in [3.8, 4) is 5.75 Å². The molecule has 0 aliphatic rings. The quantitative estimate of drug-likeness (QED) is 0.729. The lowest BCUT2D eigenvalue weighted by molar-refractivity contribution is 0.417. The van der Waals surface area contributed by atoms with Crippen LogP contribution in [-0.2, 0) is 10.0 Å². The number of hydrogen-bond acceptors (Lipinski definition) is 4. The molecule has 4 N–H and O–H groups in total. The number of H-pyrrole nitrogens is 1. The molecule has 0 fully saturated rings. The van der Waals surface area contributed by atoms with E-state index in [1.54, 1.807) is 12.1 Å². The predicted octanol–water partition coefficient (Wildman–Crippen LogP) is 1.41. The fourth-order valence-electron chi connectivity index (χ4n) is 1.48. The van der Waals surface area contributed by atoms with Gasteiger partial charge in [-0.25, -0.2) is 8.42 Å². The van der Waals surface area contributed by atoms with E-state index in [9.17, 15) is 8.42 Å². The van der Waals surface area contributed by atoms with Crippen molar-refractivity contribution in [1.82, 2.24) is 4.98 Å². The summed E-state index contributed by atoms with van der Waals surface area (Å²) in [5, 5.41) is 0. The summed E-state index contributed by atoms with van der Waals surface area (Å²) in [6, 6.07) is 6.20. The SMILES string of the molecule is COc1ccc(N)cc1NS(=O)(=O)c1cc[nH]c1. The van der Waals surface area contributed by atoms with E-state index in [0.717, 1.165) is 0 Å². The van der Waals surface area contributed by atoms with Crippen molar-refractivity contribution in [2.75, 3.05) is 17.6 Å². The minimum Gasteiger partial charge on any atom is -0.495 e. The molecule has 0 spiro atoms. The van der Waals surface area contributed by atoms with Crippen molar-refractivity contribution in [2.24, 2.45) is 0 Å². The molecule has 1 aromatic heterocycles. The number of methoxy groups -OCH3 is 1. The van der Waals surface area contributed by atoms with E-state index in [0.29, 0.717) is 17.1 Å². The molecule has 0 atom stereocenters. The number of aromatic amines is 1. The number of anilines is 2. The molecule has 1 heterocycles. The van der Waals surface area contributed by atoms with Crippen LogP contribution in [0.3, 0.4) is 0 Å². The molecule has 0 saturated carbocycles. The first-order valence-corrected chi connectivity index (χ1v) is 6.60. The topological polar surface area (TPSA) is 97.2 Å². The zero-order valence-electron chi connectivity index (χ0n) is 9.67. The largest absolute Gasteiger partial charge is 0.495 e. The Morgan fingerprint density at radius 2 is 2.11 bits per heavy atom. The minimum absolute atomic E-state index is 0.145. The van der Waals surface area contributed by atoms with E-state index in [4.69, 9.17) is 10.5 Å². The second-order valence-corrected chi connectivity index (χ2v) is 5.29. The normalized spacial score (nSPS) is 11.2. The van der Waals surface area contributed by atoms with Crippen molar-refractivity contribution in [3.05, 3.63) is 36.7 Å². The molecule has 0 amide bonds. The van der Waals surface area contributed by atoms with E-state index in [1.807, 2.05) is 0 Å². The standard InChI is InChI=1S/C11H13N3O3S/c1-17-11-3-2-8(12)6-10(11)14-18(15,16)9-4-5-13-7-9/h2-7,13-14H,12H2,1H3. The van der Waals surface area contributed by atoms with E-state index >= 15 is 0 Å². The van der Waals surface area contributed by atoms with E-state index in [1.165, 1.54) is 31.6 Å². The molecule has 0 aliphatic heterocycles. The second kappa shape index (κ2) is 4.61. The monoisotopic (exact) mass is 267 g/mol. The molecule has 2 rings (SSSR count). The van der Waals surface area contributed by atoms with Gasteiger partial charge in [-0.3, -0.25) is 4.72 Å². The molecular formula is C11H13N3O3S. The van der Waals surface area contributed by atoms with Crippen LogP contribution in [-0.4, -0.2) is 20.5 Å². The Morgan fingerprint density at radius 1 is 1.33 bits per heavy atom. The first-order chi connectivity index (χ1) is 8.53. The van der Waals surface area contributed by atoms with Gasteiger partial charge in [0, 0.05) is 18.1 Å². The lowest BCUT2D eigenvalue weighted by atomic mass is 10.2. The van der Waals surface area contributed by atoms with Crippen molar-refractivity contribution in [1.29, 1.82) is 0 Å². The number of benzene rings is 1. The van der Waals surface area contributed by atoms with Gasteiger partial charge in [-0.1, -0.05) is 0 Å². The summed E-state index contributed by atoms with van der Waals surface area (Å²) in [6.07, 6.45) is 2.92. The maximum absolute atomic E-state index is 12.0. The molecular weight excluding hydrogens is 254 g/mol. The Morgan fingerprint density at radius 3 is 2.72 bits per heavy atom. The lowest BCUT2D eigenvalue weighted by Crippen LogP contribution is -2.13. The van der Waals surface area contributed by atoms with Crippen molar-refractivity contribution < 1.29 is 13.2 Å². The van der Waals surface area contributed by atoms with E-state index in [2.05, 4.69) is 9.71 Å². The summed E-state index contributed by atoms with van der Waals surface area (Å²) in [4.78, 5) is 2.83. The number of rotatable bonds is 4. The number of aromatic nitrogens is 1. The molecule has 0 unspecified atom stereocenters. The van der Waals surface area contributed by atoms with Gasteiger partial charge in [-0.15, -0.1) is 0 Å². The Kier molecular flexibility index (Phi) is 3.15. The van der Waals surface area contributed by atoms with Crippen LogP contribution in [0.5, 0.6) is 5.75 Å². The summed E-state index contributed by atoms with van der Waals surface area (Å²) in [6.45, 7) is 0. The number of hydrogen-bond donors (Lipinski definition) is 3. The lowest BCUT2D eigenvalue weighted by Gasteiger charge is -2.11. The zero-order chi connectivity index (χ0) is 13.2. The number of ether oxygens (including phenoxy) is 1. The summed E-state index contributed by atoms with van der Waals surface area (Å²) < 4.78 is 31.5. The van der Waals surface area contributed by atoms with Crippen molar-refractivity contribution >= 4 is 21.4 Å². The van der Waals surface area contributed by atoms with Gasteiger partial charge in [-0.05, 0) is 24.3 Å². The summed E-state index contributed by atoms with van der Waals surface area (Å²) >= 11 is 0. The van der Waals surface area contributed by atoms with Gasteiger partial charge in [0.2, 0.25) is 0 Å². The van der Waals surface area contributed by atoms with Crippen LogP contribution >= 0.6 is 0 Å². The average molecular weight is 267 g/mol. The third-order valence-corrected chi connectivity index (χ3v) is 3.71. The van der Waals surface area contributed by atoms with Crippen molar-refractivity contribution in [3.63, 3.8) is 0 Å². The molecule has 96 valence electrons. The number of nitrogens with one attached hydrogen (secondary N) is 2. The van der Waals surface area contributed by atoms with Crippen LogP contribution in [0.1, 0.15) is 0 Å². The highest BCUT2D eigenvalue weighted by molar-refractivity contribution is 7.92. The van der Waals surface area contributed by atoms with Crippen LogP contribution in [0.25, 0.3) is 0 Å². The van der Waals surface area contributed by atoms with Gasteiger partial charge >= 0.3 is 0 Å². The van der Waals surface area contributed by atoms with Crippen LogP contribution in [0.15, 0.2) is 41.6 Å².